The van der Waals surface area contributed by atoms with E-state index in [0.29, 0.717) is 25.4 Å². The SMILES string of the molecule is O=C(Nc1ccccc1CN1CCOCC1)C(F)(F)c1ccccc1. The summed E-state index contributed by atoms with van der Waals surface area (Å²) in [6.07, 6.45) is 0. The van der Waals surface area contributed by atoms with Crippen LogP contribution in [-0.4, -0.2) is 37.1 Å². The van der Waals surface area contributed by atoms with Gasteiger partial charge in [0.2, 0.25) is 0 Å². The fourth-order valence-corrected chi connectivity index (χ4v) is 2.76. The Kier molecular flexibility index (Phi) is 5.40. The smallest absolute Gasteiger partial charge is 0.350 e. The Morgan fingerprint density at radius 2 is 1.68 bits per heavy atom. The third-order valence-electron chi connectivity index (χ3n) is 4.18. The fourth-order valence-electron chi connectivity index (χ4n) is 2.76. The number of halogens is 2. The van der Waals surface area contributed by atoms with Gasteiger partial charge in [0.25, 0.3) is 5.91 Å². The van der Waals surface area contributed by atoms with Gasteiger partial charge in [-0.25, -0.2) is 0 Å². The summed E-state index contributed by atoms with van der Waals surface area (Å²) in [5, 5.41) is 2.39. The van der Waals surface area contributed by atoms with Gasteiger partial charge in [0.15, 0.2) is 0 Å². The van der Waals surface area contributed by atoms with Crippen molar-refractivity contribution in [3.63, 3.8) is 0 Å². The molecule has 1 fully saturated rings. The van der Waals surface area contributed by atoms with Crippen LogP contribution in [0.25, 0.3) is 0 Å². The maximum absolute atomic E-state index is 14.4. The fraction of sp³-hybridized carbons (Fsp3) is 0.316. The van der Waals surface area contributed by atoms with Crippen molar-refractivity contribution in [1.82, 2.24) is 4.90 Å². The maximum atomic E-state index is 14.4. The number of nitrogens with one attached hydrogen (secondary N) is 1. The number of benzene rings is 2. The summed E-state index contributed by atoms with van der Waals surface area (Å²) in [6.45, 7) is 3.45. The Hall–Kier alpha value is -2.31. The molecule has 0 atom stereocenters. The molecule has 0 radical (unpaired) electrons. The Labute approximate surface area is 145 Å². The minimum atomic E-state index is -3.59. The molecule has 1 aliphatic rings. The number of hydrogen-bond acceptors (Lipinski definition) is 3. The molecule has 0 unspecified atom stereocenters. The molecule has 1 N–H and O–H groups in total. The molecule has 1 heterocycles. The van der Waals surface area contributed by atoms with Crippen molar-refractivity contribution in [3.8, 4) is 0 Å². The lowest BCUT2D eigenvalue weighted by Gasteiger charge is -2.27. The molecular weight excluding hydrogens is 326 g/mol. The zero-order chi connectivity index (χ0) is 17.7. The minimum absolute atomic E-state index is 0.321. The van der Waals surface area contributed by atoms with Crippen molar-refractivity contribution in [1.29, 1.82) is 0 Å². The molecule has 0 bridgehead atoms. The second-order valence-corrected chi connectivity index (χ2v) is 5.94. The van der Waals surface area contributed by atoms with Gasteiger partial charge in [0.05, 0.1) is 13.2 Å². The Balaban J connectivity index is 1.75. The van der Waals surface area contributed by atoms with Gasteiger partial charge in [0, 0.05) is 30.9 Å². The predicted octanol–water partition coefficient (Wildman–Crippen LogP) is 3.25. The van der Waals surface area contributed by atoms with Crippen LogP contribution in [0.1, 0.15) is 11.1 Å². The van der Waals surface area contributed by atoms with E-state index in [4.69, 9.17) is 4.74 Å². The van der Waals surface area contributed by atoms with Gasteiger partial charge in [-0.1, -0.05) is 48.5 Å². The first-order chi connectivity index (χ1) is 12.1. The molecule has 1 amide bonds. The van der Waals surface area contributed by atoms with E-state index in [1.165, 1.54) is 24.3 Å². The Morgan fingerprint density at radius 1 is 1.04 bits per heavy atom. The van der Waals surface area contributed by atoms with Gasteiger partial charge >= 0.3 is 5.92 Å². The average molecular weight is 346 g/mol. The van der Waals surface area contributed by atoms with Crippen molar-refractivity contribution in [2.75, 3.05) is 31.6 Å². The molecule has 1 aliphatic heterocycles. The van der Waals surface area contributed by atoms with Crippen LogP contribution in [-0.2, 0) is 22.0 Å². The topological polar surface area (TPSA) is 41.6 Å². The third kappa shape index (κ3) is 4.21. The van der Waals surface area contributed by atoms with Crippen molar-refractivity contribution in [2.24, 2.45) is 0 Å². The molecule has 4 nitrogen and oxygen atoms in total. The van der Waals surface area contributed by atoms with Crippen molar-refractivity contribution >= 4 is 11.6 Å². The van der Waals surface area contributed by atoms with Crippen molar-refractivity contribution in [3.05, 3.63) is 65.7 Å². The highest BCUT2D eigenvalue weighted by molar-refractivity contribution is 5.97. The number of para-hydroxylation sites is 1. The summed E-state index contributed by atoms with van der Waals surface area (Å²) in [5.41, 5.74) is 0.898. The highest BCUT2D eigenvalue weighted by Gasteiger charge is 2.40. The summed E-state index contributed by atoms with van der Waals surface area (Å²) in [4.78, 5) is 14.4. The van der Waals surface area contributed by atoms with Gasteiger partial charge in [-0.3, -0.25) is 9.69 Å². The monoisotopic (exact) mass is 346 g/mol. The molecule has 3 rings (SSSR count). The Morgan fingerprint density at radius 3 is 2.40 bits per heavy atom. The normalized spacial score (nSPS) is 15.8. The zero-order valence-electron chi connectivity index (χ0n) is 13.8. The number of ether oxygens (including phenoxy) is 1. The highest BCUT2D eigenvalue weighted by Crippen LogP contribution is 2.30. The van der Waals surface area contributed by atoms with Gasteiger partial charge in [-0.05, 0) is 11.6 Å². The number of nitrogens with zero attached hydrogens (tertiary/aromatic N) is 1. The molecule has 2 aromatic carbocycles. The maximum Gasteiger partial charge on any atom is 0.350 e. The molecule has 25 heavy (non-hydrogen) atoms. The zero-order valence-corrected chi connectivity index (χ0v) is 13.8. The van der Waals surface area contributed by atoms with Gasteiger partial charge in [-0.2, -0.15) is 8.78 Å². The van der Waals surface area contributed by atoms with Gasteiger partial charge in [0.1, 0.15) is 0 Å². The summed E-state index contributed by atoms with van der Waals surface area (Å²) in [6, 6.07) is 14.2. The van der Waals surface area contributed by atoms with Gasteiger partial charge in [-0.15, -0.1) is 0 Å². The van der Waals surface area contributed by atoms with Crippen LogP contribution in [0.5, 0.6) is 0 Å². The van der Waals surface area contributed by atoms with E-state index in [2.05, 4.69) is 10.2 Å². The standard InChI is InChI=1S/C19H20F2N2O2/c20-19(21,16-7-2-1-3-8-16)18(24)22-17-9-5-4-6-15(17)14-23-10-12-25-13-11-23/h1-9H,10-14H2,(H,22,24). The lowest BCUT2D eigenvalue weighted by molar-refractivity contribution is -0.140. The largest absolute Gasteiger partial charge is 0.379 e. The molecule has 0 spiro atoms. The van der Waals surface area contributed by atoms with E-state index >= 15 is 0 Å². The number of rotatable bonds is 5. The van der Waals surface area contributed by atoms with Crippen molar-refractivity contribution in [2.45, 2.75) is 12.5 Å². The first kappa shape index (κ1) is 17.5. The predicted molar refractivity (Wildman–Crippen MR) is 91.5 cm³/mol. The molecule has 0 saturated carbocycles. The second-order valence-electron chi connectivity index (χ2n) is 5.94. The average Bonchev–Trinajstić information content (AvgIpc) is 2.65. The molecular formula is C19H20F2N2O2. The van der Waals surface area contributed by atoms with Crippen LogP contribution in [0.15, 0.2) is 54.6 Å². The number of amides is 1. The molecule has 0 aromatic heterocycles. The molecule has 1 saturated heterocycles. The number of carbonyl (C=O) groups is 1. The second kappa shape index (κ2) is 7.72. The van der Waals surface area contributed by atoms with E-state index in [9.17, 15) is 13.6 Å². The Bertz CT molecular complexity index is 716. The number of carbonyl (C=O) groups excluding carboxylic acids is 1. The van der Waals surface area contributed by atoms with Gasteiger partial charge < -0.3 is 10.1 Å². The number of alkyl halides is 2. The third-order valence-corrected chi connectivity index (χ3v) is 4.18. The molecule has 2 aromatic rings. The highest BCUT2D eigenvalue weighted by atomic mass is 19.3. The number of anilines is 1. The summed E-state index contributed by atoms with van der Waals surface area (Å²) in [5.74, 6) is -4.92. The number of hydrogen-bond donors (Lipinski definition) is 1. The lowest BCUT2D eigenvalue weighted by Crippen LogP contribution is -2.36. The van der Waals surface area contributed by atoms with E-state index in [1.54, 1.807) is 18.2 Å². The van der Waals surface area contributed by atoms with E-state index < -0.39 is 11.8 Å². The van der Waals surface area contributed by atoms with Crippen LogP contribution in [0.3, 0.4) is 0 Å². The van der Waals surface area contributed by atoms with E-state index in [0.717, 1.165) is 18.7 Å². The first-order valence-electron chi connectivity index (χ1n) is 8.20. The summed E-state index contributed by atoms with van der Waals surface area (Å²) < 4.78 is 34.1. The minimum Gasteiger partial charge on any atom is -0.379 e. The van der Waals surface area contributed by atoms with Crippen LogP contribution in [0.2, 0.25) is 0 Å². The van der Waals surface area contributed by atoms with Crippen LogP contribution in [0, 0.1) is 0 Å². The quantitative estimate of drug-likeness (QED) is 0.904. The lowest BCUT2D eigenvalue weighted by atomic mass is 10.1. The molecule has 132 valence electrons. The molecule has 0 aliphatic carbocycles. The molecule has 6 heteroatoms. The van der Waals surface area contributed by atoms with E-state index in [-0.39, 0.29) is 5.56 Å². The van der Waals surface area contributed by atoms with Crippen LogP contribution in [0.4, 0.5) is 14.5 Å². The van der Waals surface area contributed by atoms with Crippen molar-refractivity contribution < 1.29 is 18.3 Å². The summed E-state index contributed by atoms with van der Waals surface area (Å²) in [7, 11) is 0. The number of morpholine rings is 1. The van der Waals surface area contributed by atoms with Crippen LogP contribution < -0.4 is 5.32 Å². The van der Waals surface area contributed by atoms with E-state index in [1.807, 2.05) is 12.1 Å². The van der Waals surface area contributed by atoms with Crippen LogP contribution >= 0.6 is 0 Å². The first-order valence-corrected chi connectivity index (χ1v) is 8.20. The summed E-state index contributed by atoms with van der Waals surface area (Å²) >= 11 is 0.